The molecule has 0 fully saturated rings. The highest BCUT2D eigenvalue weighted by Crippen LogP contribution is 2.37. The fourth-order valence-corrected chi connectivity index (χ4v) is 1.51. The lowest BCUT2D eigenvalue weighted by molar-refractivity contribution is -0.385. The van der Waals surface area contributed by atoms with Crippen molar-refractivity contribution in [2.45, 2.75) is 18.6 Å². The van der Waals surface area contributed by atoms with E-state index in [1.165, 1.54) is 0 Å². The summed E-state index contributed by atoms with van der Waals surface area (Å²) in [5, 5.41) is 21.5. The fraction of sp³-hybridized carbons (Fsp3) is 0.250. The number of anilines is 1. The van der Waals surface area contributed by atoms with E-state index in [9.17, 15) is 28.1 Å². The summed E-state index contributed by atoms with van der Waals surface area (Å²) in [6.07, 6.45) is -0.281. The van der Waals surface area contributed by atoms with Gasteiger partial charge in [-0.2, -0.15) is 13.2 Å². The number of nitrogens with zero attached hydrogens (tertiary/aromatic N) is 1. The van der Waals surface area contributed by atoms with Gasteiger partial charge < -0.3 is 10.4 Å². The summed E-state index contributed by atoms with van der Waals surface area (Å²) in [5.74, 6) is 0.593. The third-order valence-corrected chi connectivity index (χ3v) is 2.47. The summed E-state index contributed by atoms with van der Waals surface area (Å²) in [6.45, 7) is 0. The summed E-state index contributed by atoms with van der Waals surface area (Å²) in [4.78, 5) is 20.4. The van der Waals surface area contributed by atoms with Crippen LogP contribution in [0.2, 0.25) is 0 Å². The highest BCUT2D eigenvalue weighted by molar-refractivity contribution is 5.78. The van der Waals surface area contributed by atoms with Crippen LogP contribution in [0.25, 0.3) is 0 Å². The van der Waals surface area contributed by atoms with Gasteiger partial charge in [-0.15, -0.1) is 12.3 Å². The number of hydrogen-bond donors (Lipinski definition) is 2. The number of nitro benzene ring substituents is 1. The first-order chi connectivity index (χ1) is 9.66. The second kappa shape index (κ2) is 6.13. The van der Waals surface area contributed by atoms with Crippen LogP contribution in [-0.2, 0) is 11.0 Å². The Bertz CT molecular complexity index is 608. The lowest BCUT2D eigenvalue weighted by Gasteiger charge is -2.18. The monoisotopic (exact) mass is 302 g/mol. The number of non-ortho nitro benzene ring substituents is 1. The van der Waals surface area contributed by atoms with E-state index in [2.05, 4.69) is 5.32 Å². The van der Waals surface area contributed by atoms with Gasteiger partial charge in [0.15, 0.2) is 0 Å². The average Bonchev–Trinajstić information content (AvgIpc) is 2.36. The predicted molar refractivity (Wildman–Crippen MR) is 66.6 cm³/mol. The average molecular weight is 302 g/mol. The van der Waals surface area contributed by atoms with E-state index in [0.29, 0.717) is 6.07 Å². The summed E-state index contributed by atoms with van der Waals surface area (Å²) < 4.78 is 38.6. The number of aliphatic carboxylic acids is 1. The maximum absolute atomic E-state index is 12.9. The molecule has 1 aromatic carbocycles. The molecule has 9 heteroatoms. The van der Waals surface area contributed by atoms with Crippen molar-refractivity contribution in [2.75, 3.05) is 5.32 Å². The van der Waals surface area contributed by atoms with E-state index in [1.54, 1.807) is 0 Å². The van der Waals surface area contributed by atoms with Crippen LogP contribution < -0.4 is 5.32 Å². The standard InChI is InChI=1S/C12H9F3N2O4/c1-2-3-10(11(18)19)16-9-5-4-7(17(20)21)6-8(9)12(13,14)15/h1,4-6,10,16H,3H2,(H,18,19). The normalized spacial score (nSPS) is 12.3. The Labute approximate surface area is 116 Å². The van der Waals surface area contributed by atoms with Crippen molar-refractivity contribution in [1.29, 1.82) is 0 Å². The molecule has 0 bridgehead atoms. The van der Waals surface area contributed by atoms with Gasteiger partial charge in [0, 0.05) is 24.2 Å². The van der Waals surface area contributed by atoms with Crippen LogP contribution in [0, 0.1) is 22.5 Å². The summed E-state index contributed by atoms with van der Waals surface area (Å²) in [6, 6.07) is 0.536. The molecule has 6 nitrogen and oxygen atoms in total. The number of benzene rings is 1. The van der Waals surface area contributed by atoms with Crippen LogP contribution in [-0.4, -0.2) is 22.0 Å². The van der Waals surface area contributed by atoms with Crippen molar-refractivity contribution < 1.29 is 28.0 Å². The highest BCUT2D eigenvalue weighted by Gasteiger charge is 2.36. The second-order valence-corrected chi connectivity index (χ2v) is 3.93. The van der Waals surface area contributed by atoms with Crippen molar-refractivity contribution in [3.63, 3.8) is 0 Å². The Morgan fingerprint density at radius 1 is 1.52 bits per heavy atom. The number of rotatable bonds is 5. The topological polar surface area (TPSA) is 92.5 Å². The zero-order chi connectivity index (χ0) is 16.2. The number of carboxylic acids is 1. The van der Waals surface area contributed by atoms with Crippen molar-refractivity contribution in [2.24, 2.45) is 0 Å². The van der Waals surface area contributed by atoms with E-state index in [0.717, 1.165) is 12.1 Å². The third-order valence-electron chi connectivity index (χ3n) is 2.47. The summed E-state index contributed by atoms with van der Waals surface area (Å²) in [7, 11) is 0. The summed E-state index contributed by atoms with van der Waals surface area (Å²) in [5.41, 5.74) is -2.67. The van der Waals surface area contributed by atoms with Crippen LogP contribution >= 0.6 is 0 Å². The molecule has 0 aliphatic carbocycles. The highest BCUT2D eigenvalue weighted by atomic mass is 19.4. The van der Waals surface area contributed by atoms with Crippen LogP contribution in [0.3, 0.4) is 0 Å². The van der Waals surface area contributed by atoms with Gasteiger partial charge in [-0.3, -0.25) is 10.1 Å². The van der Waals surface area contributed by atoms with Gasteiger partial charge in [0.25, 0.3) is 5.69 Å². The fourth-order valence-electron chi connectivity index (χ4n) is 1.51. The molecule has 0 aliphatic rings. The molecule has 0 radical (unpaired) electrons. The van der Waals surface area contributed by atoms with E-state index in [1.807, 2.05) is 5.92 Å². The van der Waals surface area contributed by atoms with Gasteiger partial charge in [-0.05, 0) is 6.07 Å². The number of halogens is 3. The molecule has 0 heterocycles. The maximum Gasteiger partial charge on any atom is 0.418 e. The van der Waals surface area contributed by atoms with E-state index >= 15 is 0 Å². The number of carboxylic acid groups (broad SMARTS) is 1. The number of nitrogens with one attached hydrogen (secondary N) is 1. The number of alkyl halides is 3. The van der Waals surface area contributed by atoms with Crippen LogP contribution in [0.4, 0.5) is 24.5 Å². The smallest absolute Gasteiger partial charge is 0.418 e. The molecule has 21 heavy (non-hydrogen) atoms. The Balaban J connectivity index is 3.26. The minimum atomic E-state index is -4.88. The minimum Gasteiger partial charge on any atom is -0.480 e. The largest absolute Gasteiger partial charge is 0.480 e. The van der Waals surface area contributed by atoms with Crippen LogP contribution in [0.1, 0.15) is 12.0 Å². The number of hydrogen-bond acceptors (Lipinski definition) is 4. The number of terminal acetylenes is 1. The first kappa shape index (κ1) is 16.3. The molecule has 0 spiro atoms. The molecule has 0 aromatic heterocycles. The van der Waals surface area contributed by atoms with E-state index < -0.39 is 40.0 Å². The van der Waals surface area contributed by atoms with Gasteiger partial charge in [-0.1, -0.05) is 0 Å². The van der Waals surface area contributed by atoms with E-state index in [4.69, 9.17) is 11.5 Å². The van der Waals surface area contributed by atoms with Gasteiger partial charge >= 0.3 is 12.1 Å². The minimum absolute atomic E-state index is 0.330. The third kappa shape index (κ3) is 4.10. The maximum atomic E-state index is 12.9. The molecule has 1 rings (SSSR count). The van der Waals surface area contributed by atoms with Crippen LogP contribution in [0.15, 0.2) is 18.2 Å². The molecule has 0 saturated heterocycles. The summed E-state index contributed by atoms with van der Waals surface area (Å²) >= 11 is 0. The lowest BCUT2D eigenvalue weighted by Crippen LogP contribution is -2.29. The van der Waals surface area contributed by atoms with E-state index in [-0.39, 0.29) is 6.42 Å². The Morgan fingerprint density at radius 3 is 2.57 bits per heavy atom. The zero-order valence-corrected chi connectivity index (χ0v) is 10.3. The number of carbonyl (C=O) groups is 1. The zero-order valence-electron chi connectivity index (χ0n) is 10.3. The Kier molecular flexibility index (Phi) is 4.75. The van der Waals surface area contributed by atoms with Gasteiger partial charge in [0.2, 0.25) is 0 Å². The first-order valence-corrected chi connectivity index (χ1v) is 5.45. The first-order valence-electron chi connectivity index (χ1n) is 5.45. The number of nitro groups is 1. The lowest BCUT2D eigenvalue weighted by atomic mass is 10.1. The Morgan fingerprint density at radius 2 is 2.14 bits per heavy atom. The molecular formula is C12H9F3N2O4. The molecule has 1 aromatic rings. The van der Waals surface area contributed by atoms with Crippen LogP contribution in [0.5, 0.6) is 0 Å². The second-order valence-electron chi connectivity index (χ2n) is 3.93. The molecule has 0 amide bonds. The molecular weight excluding hydrogens is 293 g/mol. The van der Waals surface area contributed by atoms with Crippen molar-refractivity contribution >= 4 is 17.3 Å². The van der Waals surface area contributed by atoms with Gasteiger partial charge in [0.1, 0.15) is 6.04 Å². The quantitative estimate of drug-likeness (QED) is 0.495. The molecule has 0 saturated carbocycles. The molecule has 1 atom stereocenters. The molecule has 1 unspecified atom stereocenters. The predicted octanol–water partition coefficient (Wildman–Crippen LogP) is 2.50. The molecule has 2 N–H and O–H groups in total. The molecule has 112 valence electrons. The van der Waals surface area contributed by atoms with Crippen molar-refractivity contribution in [1.82, 2.24) is 0 Å². The SMILES string of the molecule is C#CCC(Nc1ccc([N+](=O)[O-])cc1C(F)(F)F)C(=O)O. The van der Waals surface area contributed by atoms with Crippen molar-refractivity contribution in [3.8, 4) is 12.3 Å². The van der Waals surface area contributed by atoms with Gasteiger partial charge in [-0.25, -0.2) is 4.79 Å². The van der Waals surface area contributed by atoms with Crippen molar-refractivity contribution in [3.05, 3.63) is 33.9 Å². The Hall–Kier alpha value is -2.76. The molecule has 0 aliphatic heterocycles. The van der Waals surface area contributed by atoms with Gasteiger partial charge in [0.05, 0.1) is 10.5 Å².